The molecule has 0 atom stereocenters. The molecule has 262 valence electrons. The van der Waals surface area contributed by atoms with Gasteiger partial charge in [0.2, 0.25) is 0 Å². The molecule has 1 aliphatic rings. The molecule has 11 rings (SSSR count). The largest absolute Gasteiger partial charge is 0.308 e. The molecule has 57 heavy (non-hydrogen) atoms. The van der Waals surface area contributed by atoms with E-state index in [2.05, 4.69) is 155 Å². The first-order valence-corrected chi connectivity index (χ1v) is 19.1. The molecule has 0 bridgehead atoms. The van der Waals surface area contributed by atoms with Gasteiger partial charge in [-0.25, -0.2) is 4.85 Å². The Bertz CT molecular complexity index is 3270. The molecule has 0 spiro atoms. The number of rotatable bonds is 5. The molecule has 1 heterocycles. The van der Waals surface area contributed by atoms with Gasteiger partial charge in [-0.2, -0.15) is 5.26 Å². The summed E-state index contributed by atoms with van der Waals surface area (Å²) in [7, 11) is 0. The van der Waals surface area contributed by atoms with Crippen molar-refractivity contribution < 1.29 is 0 Å². The Balaban J connectivity index is 1.31. The number of fused-ring (bicyclic) bond motifs is 5. The maximum atomic E-state index is 10.5. The van der Waals surface area contributed by atoms with Gasteiger partial charge >= 0.3 is 0 Å². The minimum atomic E-state index is 0.570. The second-order valence-electron chi connectivity index (χ2n) is 14.5. The molecule has 0 aliphatic heterocycles. The van der Waals surface area contributed by atoms with Gasteiger partial charge in [-0.1, -0.05) is 170 Å². The van der Waals surface area contributed by atoms with Crippen molar-refractivity contribution >= 4 is 38.1 Å². The summed E-state index contributed by atoms with van der Waals surface area (Å²) in [5.41, 5.74) is 16.4. The van der Waals surface area contributed by atoms with E-state index < -0.39 is 0 Å². The highest BCUT2D eigenvalue weighted by atomic mass is 15.0. The van der Waals surface area contributed by atoms with Gasteiger partial charge < -0.3 is 4.57 Å². The third-order valence-corrected chi connectivity index (χ3v) is 11.6. The fourth-order valence-electron chi connectivity index (χ4n) is 9.38. The van der Waals surface area contributed by atoms with E-state index in [1.807, 2.05) is 48.5 Å². The van der Waals surface area contributed by atoms with Crippen molar-refractivity contribution in [2.45, 2.75) is 0 Å². The molecule has 9 aromatic carbocycles. The summed E-state index contributed by atoms with van der Waals surface area (Å²) in [6, 6.07) is 68.3. The van der Waals surface area contributed by atoms with Crippen LogP contribution >= 0.6 is 0 Å². The van der Waals surface area contributed by atoms with Crippen molar-refractivity contribution in [1.82, 2.24) is 4.57 Å². The topological polar surface area (TPSA) is 33.1 Å². The molecular formula is C54H31N3. The van der Waals surface area contributed by atoms with Gasteiger partial charge in [-0.3, -0.25) is 0 Å². The molecule has 1 aromatic heterocycles. The molecule has 0 N–H and O–H groups in total. The zero-order valence-electron chi connectivity index (χ0n) is 30.7. The molecule has 3 nitrogen and oxygen atoms in total. The van der Waals surface area contributed by atoms with Gasteiger partial charge in [-0.05, 0) is 84.4 Å². The van der Waals surface area contributed by atoms with Crippen LogP contribution < -0.4 is 0 Å². The van der Waals surface area contributed by atoms with Gasteiger partial charge in [0.25, 0.3) is 0 Å². The average molecular weight is 722 g/mol. The Kier molecular flexibility index (Phi) is 7.30. The smallest absolute Gasteiger partial charge is 0.195 e. The lowest BCUT2D eigenvalue weighted by atomic mass is 9.82. The number of benzene rings is 9. The van der Waals surface area contributed by atoms with E-state index in [1.165, 1.54) is 60.7 Å². The van der Waals surface area contributed by atoms with Crippen LogP contribution in [0.2, 0.25) is 0 Å². The molecule has 0 radical (unpaired) electrons. The third kappa shape index (κ3) is 4.71. The van der Waals surface area contributed by atoms with E-state index in [1.54, 1.807) is 0 Å². The molecule has 0 unspecified atom stereocenters. The Morgan fingerprint density at radius 3 is 1.61 bits per heavy atom. The number of hydrogen-bond acceptors (Lipinski definition) is 1. The molecule has 3 heteroatoms. The van der Waals surface area contributed by atoms with Crippen LogP contribution in [0, 0.1) is 17.9 Å². The molecule has 0 saturated carbocycles. The maximum Gasteiger partial charge on any atom is 0.195 e. The number of hydrogen-bond donors (Lipinski definition) is 0. The third-order valence-electron chi connectivity index (χ3n) is 11.6. The summed E-state index contributed by atoms with van der Waals surface area (Å²) >= 11 is 0. The van der Waals surface area contributed by atoms with Crippen LogP contribution in [0.4, 0.5) is 5.69 Å². The van der Waals surface area contributed by atoms with Crippen LogP contribution in [0.1, 0.15) is 5.56 Å². The standard InChI is InChI=1S/C54H31N3/c1-56-45-29-14-12-25-40(45)51-42-26-13-15-30-46(42)57(54(51)37-22-9-8-21-36(37)33-55)47-32-31-44-50-41(47)27-16-28-43(50)52-48(34-17-4-2-5-18-34)38-23-10-11-24-39(38)49(53(44)52)35-19-6-3-7-20-35/h2-32H. The van der Waals surface area contributed by atoms with E-state index in [4.69, 9.17) is 6.57 Å². The van der Waals surface area contributed by atoms with Crippen LogP contribution in [0.25, 0.3) is 110 Å². The SMILES string of the molecule is [C-]#[N+]c1ccccc1-c1c(-c2ccccc2C#N)n(-c2ccc3c4c(cccc24)-c2c-3c(-c3ccccc3)c3ccccc3c2-c2ccccc2)c2ccccc12. The molecular weight excluding hydrogens is 691 g/mol. The highest BCUT2D eigenvalue weighted by Crippen LogP contribution is 2.58. The second-order valence-corrected chi connectivity index (χ2v) is 14.5. The van der Waals surface area contributed by atoms with Crippen molar-refractivity contribution in [2.24, 2.45) is 0 Å². The lowest BCUT2D eigenvalue weighted by molar-refractivity contribution is 1.15. The number of para-hydroxylation sites is 2. The van der Waals surface area contributed by atoms with Crippen LogP contribution in [0.3, 0.4) is 0 Å². The summed E-state index contributed by atoms with van der Waals surface area (Å²) in [5.74, 6) is 0. The van der Waals surface area contributed by atoms with Gasteiger partial charge in [0.05, 0.1) is 35.1 Å². The molecule has 0 amide bonds. The van der Waals surface area contributed by atoms with E-state index in [0.29, 0.717) is 11.3 Å². The van der Waals surface area contributed by atoms with E-state index in [0.717, 1.165) is 44.4 Å². The summed E-state index contributed by atoms with van der Waals surface area (Å²) in [5, 5.41) is 16.3. The molecule has 1 aliphatic carbocycles. The summed E-state index contributed by atoms with van der Waals surface area (Å²) in [4.78, 5) is 3.98. The zero-order chi connectivity index (χ0) is 38.0. The Labute approximate surface area is 330 Å². The van der Waals surface area contributed by atoms with Crippen molar-refractivity contribution in [3.8, 4) is 78.6 Å². The first-order valence-electron chi connectivity index (χ1n) is 19.1. The highest BCUT2D eigenvalue weighted by Gasteiger charge is 2.32. The fourth-order valence-corrected chi connectivity index (χ4v) is 9.38. The lowest BCUT2D eigenvalue weighted by Gasteiger charge is -2.20. The Morgan fingerprint density at radius 2 is 0.947 bits per heavy atom. The highest BCUT2D eigenvalue weighted by molar-refractivity contribution is 6.28. The van der Waals surface area contributed by atoms with Crippen molar-refractivity contribution in [3.63, 3.8) is 0 Å². The van der Waals surface area contributed by atoms with Gasteiger partial charge in [0.15, 0.2) is 5.69 Å². The zero-order valence-corrected chi connectivity index (χ0v) is 30.7. The minimum absolute atomic E-state index is 0.570. The normalized spacial score (nSPS) is 11.5. The number of aromatic nitrogens is 1. The predicted octanol–water partition coefficient (Wildman–Crippen LogP) is 14.7. The molecule has 0 saturated heterocycles. The van der Waals surface area contributed by atoms with Crippen LogP contribution in [-0.4, -0.2) is 4.57 Å². The van der Waals surface area contributed by atoms with Crippen LogP contribution in [0.5, 0.6) is 0 Å². The van der Waals surface area contributed by atoms with Crippen LogP contribution in [0.15, 0.2) is 188 Å². The first kappa shape index (κ1) is 32.5. The van der Waals surface area contributed by atoms with Gasteiger partial charge in [0, 0.05) is 21.9 Å². The average Bonchev–Trinajstić information content (AvgIpc) is 3.80. The second kappa shape index (κ2) is 12.8. The quantitative estimate of drug-likeness (QED) is 0.163. The van der Waals surface area contributed by atoms with E-state index in [9.17, 15) is 5.26 Å². The monoisotopic (exact) mass is 721 g/mol. The Hall–Kier alpha value is -7.98. The van der Waals surface area contributed by atoms with Crippen molar-refractivity contribution in [1.29, 1.82) is 5.26 Å². The minimum Gasteiger partial charge on any atom is -0.308 e. The predicted molar refractivity (Wildman–Crippen MR) is 235 cm³/mol. The molecule has 10 aromatic rings. The number of nitrogens with zero attached hydrogens (tertiary/aromatic N) is 3. The van der Waals surface area contributed by atoms with Crippen molar-refractivity contribution in [2.75, 3.05) is 0 Å². The maximum absolute atomic E-state index is 10.5. The fraction of sp³-hybridized carbons (Fsp3) is 0. The Morgan fingerprint density at radius 1 is 0.421 bits per heavy atom. The van der Waals surface area contributed by atoms with E-state index in [-0.39, 0.29) is 0 Å². The summed E-state index contributed by atoms with van der Waals surface area (Å²) in [6.07, 6.45) is 0. The van der Waals surface area contributed by atoms with Gasteiger partial charge in [0.1, 0.15) is 0 Å². The molecule has 0 fully saturated rings. The van der Waals surface area contributed by atoms with Crippen LogP contribution in [-0.2, 0) is 0 Å². The van der Waals surface area contributed by atoms with Crippen molar-refractivity contribution in [3.05, 3.63) is 205 Å². The first-order chi connectivity index (χ1) is 28.3. The summed E-state index contributed by atoms with van der Waals surface area (Å²) < 4.78 is 2.33. The van der Waals surface area contributed by atoms with Gasteiger partial charge in [-0.15, -0.1) is 0 Å². The van der Waals surface area contributed by atoms with E-state index >= 15 is 0 Å². The summed E-state index contributed by atoms with van der Waals surface area (Å²) in [6.45, 7) is 8.17. The lowest BCUT2D eigenvalue weighted by Crippen LogP contribution is -2.00. The number of nitriles is 1.